The minimum atomic E-state index is -0.485. The molecule has 2 amide bonds. The Balaban J connectivity index is 1.65. The zero-order chi connectivity index (χ0) is 17.3. The summed E-state index contributed by atoms with van der Waals surface area (Å²) in [5, 5.41) is 5.10. The fraction of sp³-hybridized carbons (Fsp3) is 0.438. The van der Waals surface area contributed by atoms with E-state index in [0.29, 0.717) is 23.2 Å². The summed E-state index contributed by atoms with van der Waals surface area (Å²) in [7, 11) is 0. The fourth-order valence-electron chi connectivity index (χ4n) is 2.33. The zero-order valence-electron chi connectivity index (χ0n) is 13.9. The van der Waals surface area contributed by atoms with E-state index in [-0.39, 0.29) is 18.2 Å². The molecule has 0 aliphatic carbocycles. The van der Waals surface area contributed by atoms with Gasteiger partial charge in [0.2, 0.25) is 11.8 Å². The van der Waals surface area contributed by atoms with Crippen molar-refractivity contribution in [3.8, 4) is 0 Å². The summed E-state index contributed by atoms with van der Waals surface area (Å²) in [6.45, 7) is 6.14. The van der Waals surface area contributed by atoms with Crippen LogP contribution in [0.5, 0.6) is 0 Å². The smallest absolute Gasteiger partial charge is 0.234 e. The SMILES string of the molecule is CC(C)(C)C(=O)Nc1nc(CC(=O)N2CCc3cncnc32)cs1. The van der Waals surface area contributed by atoms with Crippen LogP contribution in [-0.2, 0) is 22.4 Å². The highest BCUT2D eigenvalue weighted by Crippen LogP contribution is 2.25. The van der Waals surface area contributed by atoms with Crippen molar-refractivity contribution in [3.63, 3.8) is 0 Å². The molecule has 24 heavy (non-hydrogen) atoms. The van der Waals surface area contributed by atoms with Crippen LogP contribution in [0.4, 0.5) is 10.9 Å². The molecular weight excluding hydrogens is 326 g/mol. The number of fused-ring (bicyclic) bond motifs is 1. The second-order valence-electron chi connectivity index (χ2n) is 6.69. The number of anilines is 2. The molecule has 126 valence electrons. The van der Waals surface area contributed by atoms with E-state index in [4.69, 9.17) is 0 Å². The molecule has 3 rings (SSSR count). The minimum Gasteiger partial charge on any atom is -0.302 e. The van der Waals surface area contributed by atoms with Gasteiger partial charge in [0.1, 0.15) is 12.1 Å². The van der Waals surface area contributed by atoms with E-state index in [1.54, 1.807) is 16.5 Å². The maximum Gasteiger partial charge on any atom is 0.234 e. The van der Waals surface area contributed by atoms with Crippen molar-refractivity contribution in [2.24, 2.45) is 5.41 Å². The molecule has 0 atom stereocenters. The summed E-state index contributed by atoms with van der Waals surface area (Å²) in [5.41, 5.74) is 1.15. The molecule has 0 aromatic carbocycles. The van der Waals surface area contributed by atoms with Gasteiger partial charge in [0.05, 0.1) is 12.1 Å². The van der Waals surface area contributed by atoms with Crippen molar-refractivity contribution >= 4 is 34.1 Å². The standard InChI is InChI=1S/C16H19N5O2S/c1-16(2,3)14(23)20-15-19-11(8-24-15)6-12(22)21-5-4-10-7-17-9-18-13(10)21/h7-9H,4-6H2,1-3H3,(H,19,20,23). The normalized spacial score (nSPS) is 13.7. The lowest BCUT2D eigenvalue weighted by Gasteiger charge is -2.16. The van der Waals surface area contributed by atoms with Crippen LogP contribution in [0.3, 0.4) is 0 Å². The summed E-state index contributed by atoms with van der Waals surface area (Å²) in [4.78, 5) is 38.7. The predicted molar refractivity (Wildman–Crippen MR) is 92.0 cm³/mol. The third-order valence-electron chi connectivity index (χ3n) is 3.71. The van der Waals surface area contributed by atoms with Crippen molar-refractivity contribution in [1.82, 2.24) is 15.0 Å². The largest absolute Gasteiger partial charge is 0.302 e. The van der Waals surface area contributed by atoms with Crippen molar-refractivity contribution < 1.29 is 9.59 Å². The number of nitrogens with one attached hydrogen (secondary N) is 1. The van der Waals surface area contributed by atoms with Crippen LogP contribution in [0.2, 0.25) is 0 Å². The van der Waals surface area contributed by atoms with Crippen LogP contribution in [0.25, 0.3) is 0 Å². The highest BCUT2D eigenvalue weighted by Gasteiger charge is 2.27. The number of nitrogens with zero attached hydrogens (tertiary/aromatic N) is 4. The first-order valence-electron chi connectivity index (χ1n) is 7.69. The first kappa shape index (κ1) is 16.5. The average Bonchev–Trinajstić information content (AvgIpc) is 3.13. The molecular formula is C16H19N5O2S. The molecule has 7 nitrogen and oxygen atoms in total. The Morgan fingerprint density at radius 2 is 2.17 bits per heavy atom. The van der Waals surface area contributed by atoms with Crippen LogP contribution in [0, 0.1) is 5.41 Å². The van der Waals surface area contributed by atoms with Crippen LogP contribution in [0.15, 0.2) is 17.9 Å². The van der Waals surface area contributed by atoms with Crippen molar-refractivity contribution in [3.05, 3.63) is 29.2 Å². The number of amides is 2. The molecule has 0 saturated carbocycles. The third-order valence-corrected chi connectivity index (χ3v) is 4.52. The second kappa shape index (κ2) is 6.27. The Morgan fingerprint density at radius 1 is 1.38 bits per heavy atom. The second-order valence-corrected chi connectivity index (χ2v) is 7.55. The van der Waals surface area contributed by atoms with Gasteiger partial charge in [-0.05, 0) is 6.42 Å². The summed E-state index contributed by atoms with van der Waals surface area (Å²) in [6, 6.07) is 0. The molecule has 1 N–H and O–H groups in total. The molecule has 0 bridgehead atoms. The van der Waals surface area contributed by atoms with E-state index in [0.717, 1.165) is 12.0 Å². The number of hydrogen-bond donors (Lipinski definition) is 1. The topological polar surface area (TPSA) is 88.1 Å². The van der Waals surface area contributed by atoms with Crippen LogP contribution >= 0.6 is 11.3 Å². The van der Waals surface area contributed by atoms with Gasteiger partial charge in [-0.3, -0.25) is 14.5 Å². The van der Waals surface area contributed by atoms with Crippen LogP contribution < -0.4 is 10.2 Å². The van der Waals surface area contributed by atoms with E-state index >= 15 is 0 Å². The Hall–Kier alpha value is -2.35. The van der Waals surface area contributed by atoms with Gasteiger partial charge in [0.15, 0.2) is 5.13 Å². The van der Waals surface area contributed by atoms with Gasteiger partial charge < -0.3 is 5.32 Å². The van der Waals surface area contributed by atoms with Crippen molar-refractivity contribution in [2.75, 3.05) is 16.8 Å². The van der Waals surface area contributed by atoms with Gasteiger partial charge in [-0.2, -0.15) is 0 Å². The quantitative estimate of drug-likeness (QED) is 0.920. The molecule has 0 unspecified atom stereocenters. The van der Waals surface area contributed by atoms with E-state index in [9.17, 15) is 9.59 Å². The Morgan fingerprint density at radius 3 is 2.92 bits per heavy atom. The molecule has 0 saturated heterocycles. The number of aromatic nitrogens is 3. The molecule has 0 fully saturated rings. The summed E-state index contributed by atoms with van der Waals surface area (Å²) in [5.74, 6) is 0.540. The Bertz CT molecular complexity index is 781. The van der Waals surface area contributed by atoms with E-state index in [2.05, 4.69) is 20.3 Å². The lowest BCUT2D eigenvalue weighted by molar-refractivity contribution is -0.123. The fourth-order valence-corrected chi connectivity index (χ4v) is 3.04. The molecule has 0 spiro atoms. The highest BCUT2D eigenvalue weighted by atomic mass is 32.1. The van der Waals surface area contributed by atoms with Gasteiger partial charge in [0, 0.05) is 29.1 Å². The van der Waals surface area contributed by atoms with E-state index in [1.165, 1.54) is 17.7 Å². The van der Waals surface area contributed by atoms with Crippen molar-refractivity contribution in [2.45, 2.75) is 33.6 Å². The van der Waals surface area contributed by atoms with Gasteiger partial charge in [-0.25, -0.2) is 15.0 Å². The third kappa shape index (κ3) is 3.43. The lowest BCUT2D eigenvalue weighted by Crippen LogP contribution is -2.31. The lowest BCUT2D eigenvalue weighted by atomic mass is 9.96. The highest BCUT2D eigenvalue weighted by molar-refractivity contribution is 7.13. The number of hydrogen-bond acceptors (Lipinski definition) is 6. The monoisotopic (exact) mass is 345 g/mol. The maximum absolute atomic E-state index is 12.5. The molecule has 0 radical (unpaired) electrons. The zero-order valence-corrected chi connectivity index (χ0v) is 14.7. The van der Waals surface area contributed by atoms with Crippen LogP contribution in [0.1, 0.15) is 32.0 Å². The van der Waals surface area contributed by atoms with Crippen molar-refractivity contribution in [1.29, 1.82) is 0 Å². The Kier molecular flexibility index (Phi) is 4.31. The van der Waals surface area contributed by atoms with Gasteiger partial charge >= 0.3 is 0 Å². The van der Waals surface area contributed by atoms with E-state index in [1.807, 2.05) is 20.8 Å². The average molecular weight is 345 g/mol. The van der Waals surface area contributed by atoms with Gasteiger partial charge in [-0.1, -0.05) is 20.8 Å². The molecule has 1 aliphatic heterocycles. The summed E-state index contributed by atoms with van der Waals surface area (Å²) >= 11 is 1.32. The molecule has 8 heteroatoms. The first-order chi connectivity index (χ1) is 11.3. The molecule has 2 aromatic heterocycles. The van der Waals surface area contributed by atoms with Crippen LogP contribution in [-0.4, -0.2) is 33.3 Å². The summed E-state index contributed by atoms with van der Waals surface area (Å²) in [6.07, 6.45) is 4.16. The maximum atomic E-state index is 12.5. The molecule has 1 aliphatic rings. The molecule has 2 aromatic rings. The van der Waals surface area contributed by atoms with Gasteiger partial charge in [0.25, 0.3) is 0 Å². The number of rotatable bonds is 3. The molecule has 3 heterocycles. The minimum absolute atomic E-state index is 0.0496. The first-order valence-corrected chi connectivity index (χ1v) is 8.57. The van der Waals surface area contributed by atoms with E-state index < -0.39 is 5.41 Å². The number of carbonyl (C=O) groups is 2. The number of carbonyl (C=O) groups excluding carboxylic acids is 2. The predicted octanol–water partition coefficient (Wildman–Crippen LogP) is 2.05. The number of thiazole rings is 1. The Labute approximate surface area is 144 Å². The van der Waals surface area contributed by atoms with Gasteiger partial charge in [-0.15, -0.1) is 11.3 Å². The summed E-state index contributed by atoms with van der Waals surface area (Å²) < 4.78 is 0.